The predicted molar refractivity (Wildman–Crippen MR) is 95.1 cm³/mol. The van der Waals surface area contributed by atoms with E-state index in [1.54, 1.807) is 25.1 Å². The molecule has 25 heavy (non-hydrogen) atoms. The zero-order chi connectivity index (χ0) is 18.4. The fourth-order valence-electron chi connectivity index (χ4n) is 3.33. The first-order valence-electron chi connectivity index (χ1n) is 7.93. The van der Waals surface area contributed by atoms with Gasteiger partial charge in [-0.1, -0.05) is 12.1 Å². The van der Waals surface area contributed by atoms with E-state index < -0.39 is 15.5 Å². The van der Waals surface area contributed by atoms with Gasteiger partial charge >= 0.3 is 5.97 Å². The highest BCUT2D eigenvalue weighted by atomic mass is 32.2. The predicted octanol–water partition coefficient (Wildman–Crippen LogP) is 3.40. The Labute approximate surface area is 146 Å². The van der Waals surface area contributed by atoms with Gasteiger partial charge in [0.05, 0.1) is 23.6 Å². The van der Waals surface area contributed by atoms with Gasteiger partial charge in [-0.05, 0) is 55.3 Å². The minimum Gasteiger partial charge on any atom is -0.466 e. The average molecular weight is 361 g/mol. The quantitative estimate of drug-likeness (QED) is 0.665. The van der Waals surface area contributed by atoms with Gasteiger partial charge in [-0.25, -0.2) is 0 Å². The van der Waals surface area contributed by atoms with Crippen LogP contribution in [0.2, 0.25) is 0 Å². The van der Waals surface area contributed by atoms with Gasteiger partial charge in [0.2, 0.25) is 0 Å². The number of fused-ring (bicyclic) bond motifs is 3. The molecule has 6 nitrogen and oxygen atoms in total. The van der Waals surface area contributed by atoms with Crippen molar-refractivity contribution in [3.05, 3.63) is 35.9 Å². The molecule has 132 valence electrons. The van der Waals surface area contributed by atoms with Crippen LogP contribution in [0.4, 0.5) is 5.69 Å². The smallest absolute Gasteiger partial charge is 0.307 e. The SMILES string of the molecule is CCOC(=O)CC1(C)C(C)=Nc2ccc3cc(S(=O)(=O)O)ccc3c21. The van der Waals surface area contributed by atoms with Crippen molar-refractivity contribution < 1.29 is 22.5 Å². The Kier molecular flexibility index (Phi) is 4.17. The standard InChI is InChI=1S/C18H19NO5S/c1-4-24-16(20)10-18(3)11(2)19-15-8-5-12-9-13(25(21,22)23)6-7-14(12)17(15)18/h5-9H,4,10H2,1-3H3,(H,21,22,23). The van der Waals surface area contributed by atoms with Gasteiger partial charge in [0, 0.05) is 11.1 Å². The van der Waals surface area contributed by atoms with Crippen molar-refractivity contribution in [1.82, 2.24) is 0 Å². The van der Waals surface area contributed by atoms with Gasteiger partial charge < -0.3 is 4.74 Å². The van der Waals surface area contributed by atoms with E-state index in [0.29, 0.717) is 12.0 Å². The number of ether oxygens (including phenoxy) is 1. The van der Waals surface area contributed by atoms with Crippen LogP contribution >= 0.6 is 0 Å². The highest BCUT2D eigenvalue weighted by Gasteiger charge is 2.40. The van der Waals surface area contributed by atoms with Crippen molar-refractivity contribution in [2.75, 3.05) is 6.61 Å². The molecule has 0 radical (unpaired) electrons. The molecular weight excluding hydrogens is 342 g/mol. The summed E-state index contributed by atoms with van der Waals surface area (Å²) in [6.45, 7) is 5.88. The number of nitrogens with zero attached hydrogens (tertiary/aromatic N) is 1. The number of rotatable bonds is 4. The third-order valence-corrected chi connectivity index (χ3v) is 5.56. The van der Waals surface area contributed by atoms with E-state index in [0.717, 1.165) is 22.3 Å². The molecule has 1 N–H and O–H groups in total. The molecule has 1 unspecified atom stereocenters. The second-order valence-corrected chi connectivity index (χ2v) is 7.75. The highest BCUT2D eigenvalue weighted by molar-refractivity contribution is 7.85. The van der Waals surface area contributed by atoms with Crippen molar-refractivity contribution in [3.63, 3.8) is 0 Å². The molecule has 0 amide bonds. The third kappa shape index (κ3) is 2.94. The van der Waals surface area contributed by atoms with E-state index in [1.165, 1.54) is 12.1 Å². The molecule has 1 atom stereocenters. The van der Waals surface area contributed by atoms with Crippen molar-refractivity contribution in [2.45, 2.75) is 37.5 Å². The maximum atomic E-state index is 12.1. The second kappa shape index (κ2) is 5.93. The van der Waals surface area contributed by atoms with Crippen LogP contribution in [0.5, 0.6) is 0 Å². The van der Waals surface area contributed by atoms with Crippen molar-refractivity contribution >= 4 is 38.3 Å². The number of carbonyl (C=O) groups excluding carboxylic acids is 1. The summed E-state index contributed by atoms with van der Waals surface area (Å²) in [7, 11) is -4.28. The first kappa shape index (κ1) is 17.6. The largest absolute Gasteiger partial charge is 0.466 e. The van der Waals surface area contributed by atoms with Crippen LogP contribution < -0.4 is 0 Å². The van der Waals surface area contributed by atoms with E-state index in [4.69, 9.17) is 4.74 Å². The number of carbonyl (C=O) groups is 1. The molecule has 2 aromatic carbocycles. The molecule has 1 aliphatic rings. The molecule has 0 bridgehead atoms. The van der Waals surface area contributed by atoms with Gasteiger partial charge in [0.25, 0.3) is 10.1 Å². The number of hydrogen-bond donors (Lipinski definition) is 1. The van der Waals surface area contributed by atoms with Crippen LogP contribution in [0.25, 0.3) is 10.8 Å². The Balaban J connectivity index is 2.18. The van der Waals surface area contributed by atoms with E-state index in [-0.39, 0.29) is 17.3 Å². The molecule has 1 aliphatic heterocycles. The van der Waals surface area contributed by atoms with Gasteiger partial charge in [-0.3, -0.25) is 14.3 Å². The minimum absolute atomic E-state index is 0.155. The van der Waals surface area contributed by atoms with Crippen molar-refractivity contribution in [2.24, 2.45) is 4.99 Å². The first-order chi connectivity index (χ1) is 11.7. The summed E-state index contributed by atoms with van der Waals surface area (Å²) in [5, 5.41) is 1.46. The summed E-state index contributed by atoms with van der Waals surface area (Å²) >= 11 is 0. The van der Waals surface area contributed by atoms with Gasteiger partial charge in [-0.2, -0.15) is 8.42 Å². The van der Waals surface area contributed by atoms with Crippen LogP contribution in [-0.4, -0.2) is 31.3 Å². The molecule has 2 aromatic rings. The second-order valence-electron chi connectivity index (χ2n) is 6.33. The fourth-order valence-corrected chi connectivity index (χ4v) is 3.85. The maximum Gasteiger partial charge on any atom is 0.307 e. The van der Waals surface area contributed by atoms with E-state index in [1.807, 2.05) is 13.8 Å². The zero-order valence-corrected chi connectivity index (χ0v) is 15.1. The minimum atomic E-state index is -4.28. The van der Waals surface area contributed by atoms with E-state index in [9.17, 15) is 17.8 Å². The number of benzene rings is 2. The zero-order valence-electron chi connectivity index (χ0n) is 14.2. The molecule has 0 aliphatic carbocycles. The highest BCUT2D eigenvalue weighted by Crippen LogP contribution is 2.46. The molecule has 0 aromatic heterocycles. The van der Waals surface area contributed by atoms with Crippen LogP contribution in [0.15, 0.2) is 40.2 Å². The third-order valence-electron chi connectivity index (χ3n) is 4.71. The molecule has 0 saturated heterocycles. The van der Waals surface area contributed by atoms with Crippen molar-refractivity contribution in [1.29, 1.82) is 0 Å². The summed E-state index contributed by atoms with van der Waals surface area (Å²) in [5.74, 6) is -0.307. The number of esters is 1. The molecule has 7 heteroatoms. The number of aliphatic imine (C=N–C) groups is 1. The van der Waals surface area contributed by atoms with Gasteiger partial charge in [0.1, 0.15) is 0 Å². The lowest BCUT2D eigenvalue weighted by Crippen LogP contribution is -2.31. The molecule has 0 saturated carbocycles. The summed E-state index contributed by atoms with van der Waals surface area (Å²) in [6, 6.07) is 7.98. The van der Waals surface area contributed by atoms with Crippen LogP contribution in [0, 0.1) is 0 Å². The lowest BCUT2D eigenvalue weighted by molar-refractivity contribution is -0.143. The molecule has 3 rings (SSSR count). The Bertz CT molecular complexity index is 1010. The topological polar surface area (TPSA) is 93.0 Å². The average Bonchev–Trinajstić information content (AvgIpc) is 2.77. The van der Waals surface area contributed by atoms with Crippen LogP contribution in [0.3, 0.4) is 0 Å². The van der Waals surface area contributed by atoms with E-state index in [2.05, 4.69) is 4.99 Å². The lowest BCUT2D eigenvalue weighted by Gasteiger charge is -2.26. The van der Waals surface area contributed by atoms with E-state index >= 15 is 0 Å². The van der Waals surface area contributed by atoms with Crippen LogP contribution in [-0.2, 0) is 25.1 Å². The summed E-state index contributed by atoms with van der Waals surface area (Å²) in [6.07, 6.45) is 0.155. The summed E-state index contributed by atoms with van der Waals surface area (Å²) in [4.78, 5) is 16.5. The van der Waals surface area contributed by atoms with Crippen molar-refractivity contribution in [3.8, 4) is 0 Å². The first-order valence-corrected chi connectivity index (χ1v) is 9.37. The molecule has 0 spiro atoms. The Hall–Kier alpha value is -2.25. The molecule has 0 fully saturated rings. The van der Waals surface area contributed by atoms with Gasteiger partial charge in [0.15, 0.2) is 0 Å². The Morgan fingerprint density at radius 3 is 2.64 bits per heavy atom. The fraction of sp³-hybridized carbons (Fsp3) is 0.333. The van der Waals surface area contributed by atoms with Crippen LogP contribution in [0.1, 0.15) is 32.8 Å². The summed E-state index contributed by atoms with van der Waals surface area (Å²) < 4.78 is 37.1. The monoisotopic (exact) mass is 361 g/mol. The maximum absolute atomic E-state index is 12.1. The molecular formula is C18H19NO5S. The normalized spacial score (nSPS) is 19.6. The summed E-state index contributed by atoms with van der Waals surface area (Å²) in [5.41, 5.74) is 1.82. The Morgan fingerprint density at radius 2 is 2.00 bits per heavy atom. The molecule has 1 heterocycles. The number of hydrogen-bond acceptors (Lipinski definition) is 5. The lowest BCUT2D eigenvalue weighted by atomic mass is 9.75. The Morgan fingerprint density at radius 1 is 1.28 bits per heavy atom. The van der Waals surface area contributed by atoms with Gasteiger partial charge in [-0.15, -0.1) is 0 Å².